The summed E-state index contributed by atoms with van der Waals surface area (Å²) in [7, 11) is 5.89. The second-order valence-electron chi connectivity index (χ2n) is 8.04. The zero-order valence-electron chi connectivity index (χ0n) is 16.5. The van der Waals surface area contributed by atoms with Gasteiger partial charge in [-0.05, 0) is 30.2 Å². The van der Waals surface area contributed by atoms with Crippen molar-refractivity contribution in [3.63, 3.8) is 0 Å². The summed E-state index contributed by atoms with van der Waals surface area (Å²) < 4.78 is 30.6. The summed E-state index contributed by atoms with van der Waals surface area (Å²) in [6.45, 7) is 0.992. The van der Waals surface area contributed by atoms with Crippen LogP contribution < -0.4 is 14.2 Å². The topological polar surface area (TPSA) is 44.8 Å². The van der Waals surface area contributed by atoms with E-state index in [-0.39, 0.29) is 24.4 Å². The second kappa shape index (κ2) is 7.09. The van der Waals surface area contributed by atoms with Gasteiger partial charge in [0.1, 0.15) is 24.2 Å². The van der Waals surface area contributed by atoms with Crippen LogP contribution in [0.1, 0.15) is 35.6 Å². The molecule has 2 aromatic rings. The van der Waals surface area contributed by atoms with Crippen LogP contribution in [0.5, 0.6) is 17.2 Å². The monoisotopic (exact) mass is 386 g/mol. The molecule has 2 aliphatic rings. The van der Waals surface area contributed by atoms with Gasteiger partial charge in [0.15, 0.2) is 11.5 Å². The van der Waals surface area contributed by atoms with E-state index >= 15 is 0 Å². The summed E-state index contributed by atoms with van der Waals surface area (Å²) in [6.07, 6.45) is 1.48. The number of methoxy groups -OCH3 is 1. The molecule has 0 amide bonds. The minimum absolute atomic E-state index is 0.000155. The molecule has 2 aliphatic heterocycles. The lowest BCUT2D eigenvalue weighted by Crippen LogP contribution is -2.38. The van der Waals surface area contributed by atoms with Gasteiger partial charge in [0.2, 0.25) is 12.5 Å². The number of aryl methyl sites for hydroxylation is 1. The number of hydrogen-bond donors (Lipinski definition) is 0. The lowest BCUT2D eigenvalue weighted by atomic mass is 9.95. The molecule has 0 aliphatic carbocycles. The first-order valence-electron chi connectivity index (χ1n) is 9.47. The Morgan fingerprint density at radius 3 is 2.71 bits per heavy atom. The Labute approximate surface area is 164 Å². The van der Waals surface area contributed by atoms with Crippen molar-refractivity contribution >= 4 is 5.78 Å². The first kappa shape index (κ1) is 18.7. The number of ketones is 1. The van der Waals surface area contributed by atoms with Crippen LogP contribution in [0.4, 0.5) is 4.39 Å². The average molecular weight is 386 g/mol. The van der Waals surface area contributed by atoms with E-state index < -0.39 is 0 Å². The molecule has 0 N–H and O–H groups in total. The third kappa shape index (κ3) is 3.33. The number of carbonyl (C=O) groups excluding carboxylic acids is 1. The summed E-state index contributed by atoms with van der Waals surface area (Å²) in [6, 6.07) is 8.35. The van der Waals surface area contributed by atoms with Crippen LogP contribution in [0.2, 0.25) is 0 Å². The van der Waals surface area contributed by atoms with Gasteiger partial charge in [-0.1, -0.05) is 12.1 Å². The van der Waals surface area contributed by atoms with Crippen LogP contribution in [0, 0.1) is 5.82 Å². The smallest absolute Gasteiger partial charge is 0.231 e. The zero-order valence-corrected chi connectivity index (χ0v) is 16.5. The number of halogens is 1. The average Bonchev–Trinajstić information content (AvgIpc) is 3.21. The summed E-state index contributed by atoms with van der Waals surface area (Å²) in [5.74, 6) is 1.95. The minimum atomic E-state index is -0.262. The van der Waals surface area contributed by atoms with Crippen LogP contribution >= 0.6 is 0 Å². The van der Waals surface area contributed by atoms with E-state index in [1.807, 2.05) is 6.07 Å². The molecule has 0 saturated carbocycles. The molecule has 0 bridgehead atoms. The fourth-order valence-electron chi connectivity index (χ4n) is 4.28. The molecular formula is C22H25FNO4+. The van der Waals surface area contributed by atoms with E-state index in [1.54, 1.807) is 19.2 Å². The number of nitrogens with zero attached hydrogens (tertiary/aromatic N) is 1. The SMILES string of the molecule is COc1c2c(cc3c1C(CC(=O)CCc1ccc(F)cc1)[N+](C)(C)C3)OCO2. The van der Waals surface area contributed by atoms with Gasteiger partial charge in [-0.25, -0.2) is 4.39 Å². The third-order valence-electron chi connectivity index (χ3n) is 5.73. The number of fused-ring (bicyclic) bond motifs is 2. The Morgan fingerprint density at radius 2 is 2.00 bits per heavy atom. The number of Topliss-reactive ketones (excluding diaryl/α,β-unsaturated/α-hetero) is 1. The highest BCUT2D eigenvalue weighted by molar-refractivity contribution is 5.80. The van der Waals surface area contributed by atoms with Crippen molar-refractivity contribution in [1.29, 1.82) is 0 Å². The van der Waals surface area contributed by atoms with Gasteiger partial charge in [0.25, 0.3) is 0 Å². The van der Waals surface area contributed by atoms with E-state index in [0.717, 1.165) is 23.2 Å². The molecule has 4 rings (SSSR count). The number of rotatable bonds is 6. The summed E-state index contributed by atoms with van der Waals surface area (Å²) >= 11 is 0. The Balaban J connectivity index is 1.55. The van der Waals surface area contributed by atoms with Crippen molar-refractivity contribution in [2.75, 3.05) is 28.0 Å². The van der Waals surface area contributed by atoms with Gasteiger partial charge in [0.05, 0.1) is 33.2 Å². The van der Waals surface area contributed by atoms with Gasteiger partial charge >= 0.3 is 0 Å². The Kier molecular flexibility index (Phi) is 4.75. The molecule has 6 heteroatoms. The predicted octanol–water partition coefficient (Wildman–Crippen LogP) is 3.79. The van der Waals surface area contributed by atoms with Crippen molar-refractivity contribution < 1.29 is 27.9 Å². The lowest BCUT2D eigenvalue weighted by Gasteiger charge is -2.32. The maximum atomic E-state index is 13.0. The largest absolute Gasteiger partial charge is 0.492 e. The van der Waals surface area contributed by atoms with Gasteiger partial charge in [0, 0.05) is 12.0 Å². The molecule has 0 saturated heterocycles. The zero-order chi connectivity index (χ0) is 19.9. The number of benzene rings is 2. The van der Waals surface area contributed by atoms with Crippen LogP contribution in [-0.4, -0.2) is 38.3 Å². The first-order valence-corrected chi connectivity index (χ1v) is 9.47. The number of hydrogen-bond acceptors (Lipinski definition) is 4. The van der Waals surface area contributed by atoms with Gasteiger partial charge in [-0.3, -0.25) is 4.79 Å². The summed E-state index contributed by atoms with van der Waals surface area (Å²) in [5.41, 5.74) is 3.16. The highest BCUT2D eigenvalue weighted by Gasteiger charge is 2.45. The van der Waals surface area contributed by atoms with Crippen molar-refractivity contribution in [3.8, 4) is 17.2 Å². The summed E-state index contributed by atoms with van der Waals surface area (Å²) in [4.78, 5) is 12.8. The molecule has 1 atom stereocenters. The molecule has 148 valence electrons. The van der Waals surface area contributed by atoms with Crippen LogP contribution in [0.25, 0.3) is 0 Å². The molecule has 28 heavy (non-hydrogen) atoms. The van der Waals surface area contributed by atoms with Crippen LogP contribution in [0.15, 0.2) is 30.3 Å². The quantitative estimate of drug-likeness (QED) is 0.709. The molecule has 0 radical (unpaired) electrons. The molecule has 0 fully saturated rings. The van der Waals surface area contributed by atoms with Crippen molar-refractivity contribution in [2.45, 2.75) is 31.8 Å². The molecular weight excluding hydrogens is 361 g/mol. The Hall–Kier alpha value is -2.60. The van der Waals surface area contributed by atoms with Crippen molar-refractivity contribution in [3.05, 3.63) is 52.8 Å². The van der Waals surface area contributed by atoms with E-state index in [0.29, 0.717) is 41.0 Å². The summed E-state index contributed by atoms with van der Waals surface area (Å²) in [5, 5.41) is 0. The highest BCUT2D eigenvalue weighted by atomic mass is 19.1. The van der Waals surface area contributed by atoms with Gasteiger partial charge in [-0.2, -0.15) is 0 Å². The molecule has 5 nitrogen and oxygen atoms in total. The molecule has 0 aromatic heterocycles. The lowest BCUT2D eigenvalue weighted by molar-refractivity contribution is -0.926. The fraction of sp³-hybridized carbons (Fsp3) is 0.409. The van der Waals surface area contributed by atoms with Crippen molar-refractivity contribution in [1.82, 2.24) is 0 Å². The molecule has 2 aromatic carbocycles. The van der Waals surface area contributed by atoms with E-state index in [2.05, 4.69) is 14.1 Å². The first-order chi connectivity index (χ1) is 13.4. The Morgan fingerprint density at radius 1 is 1.25 bits per heavy atom. The second-order valence-corrected chi connectivity index (χ2v) is 8.04. The van der Waals surface area contributed by atoms with Crippen LogP contribution in [0.3, 0.4) is 0 Å². The number of ether oxygens (including phenoxy) is 3. The maximum Gasteiger partial charge on any atom is 0.231 e. The minimum Gasteiger partial charge on any atom is -0.492 e. The van der Waals surface area contributed by atoms with E-state index in [9.17, 15) is 9.18 Å². The van der Waals surface area contributed by atoms with Gasteiger partial charge < -0.3 is 18.7 Å². The molecule has 1 unspecified atom stereocenters. The Bertz CT molecular complexity index is 908. The van der Waals surface area contributed by atoms with E-state index in [1.165, 1.54) is 12.1 Å². The predicted molar refractivity (Wildman–Crippen MR) is 102 cm³/mol. The standard InChI is InChI=1S/C22H25FNO4/c1-24(2)12-15-10-19-21(28-13-27-19)22(26-3)20(15)18(24)11-17(25)9-6-14-4-7-16(23)8-5-14/h4-5,7-8,10,18H,6,9,11-13H2,1-3H3/q+1. The molecule has 2 heterocycles. The third-order valence-corrected chi connectivity index (χ3v) is 5.73. The highest BCUT2D eigenvalue weighted by Crippen LogP contribution is 2.53. The van der Waals surface area contributed by atoms with E-state index in [4.69, 9.17) is 14.2 Å². The van der Waals surface area contributed by atoms with Crippen LogP contribution in [-0.2, 0) is 17.8 Å². The van der Waals surface area contributed by atoms with Crippen molar-refractivity contribution in [2.24, 2.45) is 0 Å². The molecule has 0 spiro atoms. The maximum absolute atomic E-state index is 13.0. The fourth-order valence-corrected chi connectivity index (χ4v) is 4.28. The van der Waals surface area contributed by atoms with Gasteiger partial charge in [-0.15, -0.1) is 0 Å². The number of quaternary nitrogens is 1. The number of carbonyl (C=O) groups is 1. The normalized spacial score (nSPS) is 18.8.